The van der Waals surface area contributed by atoms with E-state index in [1.165, 1.54) is 25.7 Å². The van der Waals surface area contributed by atoms with Crippen LogP contribution in [0.4, 0.5) is 0 Å². The number of hydrogen-bond acceptors (Lipinski definition) is 3. The fourth-order valence-corrected chi connectivity index (χ4v) is 5.01. The summed E-state index contributed by atoms with van der Waals surface area (Å²) in [5.74, 6) is 3.05. The van der Waals surface area contributed by atoms with Gasteiger partial charge in [-0.2, -0.15) is 0 Å². The van der Waals surface area contributed by atoms with E-state index in [0.717, 1.165) is 37.0 Å². The van der Waals surface area contributed by atoms with Crippen LogP contribution in [0.25, 0.3) is 0 Å². The molecular formula is C19H26N2O3. The highest BCUT2D eigenvalue weighted by Crippen LogP contribution is 2.49. The average molecular weight is 330 g/mol. The predicted octanol–water partition coefficient (Wildman–Crippen LogP) is 2.71. The first-order chi connectivity index (χ1) is 11.7. The molecule has 130 valence electrons. The Bertz CT molecular complexity index is 598. The number of nitrogens with zero attached hydrogens (tertiary/aromatic N) is 1. The Balaban J connectivity index is 1.32. The molecule has 5 nitrogen and oxygen atoms in total. The molecule has 4 atom stereocenters. The van der Waals surface area contributed by atoms with Crippen molar-refractivity contribution in [2.45, 2.75) is 57.5 Å². The molecule has 0 radical (unpaired) electrons. The molecule has 3 fully saturated rings. The second-order valence-corrected chi connectivity index (χ2v) is 7.68. The van der Waals surface area contributed by atoms with Gasteiger partial charge in [-0.15, -0.1) is 0 Å². The SMILES string of the molecule is O=C(NCc1ccco1)[C@H]1CCCN1C(=O)C[C@H]1C[C@H]2CC[C@H]1C2. The van der Waals surface area contributed by atoms with Crippen LogP contribution < -0.4 is 5.32 Å². The molecule has 1 aromatic rings. The summed E-state index contributed by atoms with van der Waals surface area (Å²) < 4.78 is 5.24. The summed E-state index contributed by atoms with van der Waals surface area (Å²) in [7, 11) is 0. The molecule has 2 bridgehead atoms. The Labute approximate surface area is 142 Å². The van der Waals surface area contributed by atoms with Crippen LogP contribution in [0.1, 0.15) is 50.7 Å². The molecule has 0 spiro atoms. The molecule has 2 heterocycles. The molecule has 3 aliphatic rings. The van der Waals surface area contributed by atoms with E-state index in [1.54, 1.807) is 6.26 Å². The lowest BCUT2D eigenvalue weighted by Crippen LogP contribution is -2.46. The first-order valence-electron chi connectivity index (χ1n) is 9.30. The molecule has 1 N–H and O–H groups in total. The van der Waals surface area contributed by atoms with Gasteiger partial charge in [-0.25, -0.2) is 0 Å². The van der Waals surface area contributed by atoms with Gasteiger partial charge in [0.15, 0.2) is 0 Å². The second-order valence-electron chi connectivity index (χ2n) is 7.68. The third-order valence-corrected chi connectivity index (χ3v) is 6.21. The highest BCUT2D eigenvalue weighted by molar-refractivity contribution is 5.88. The lowest BCUT2D eigenvalue weighted by Gasteiger charge is -2.27. The Kier molecular flexibility index (Phi) is 4.33. The number of nitrogens with one attached hydrogen (secondary N) is 1. The highest BCUT2D eigenvalue weighted by atomic mass is 16.3. The number of fused-ring (bicyclic) bond motifs is 2. The molecule has 5 heteroatoms. The van der Waals surface area contributed by atoms with E-state index in [-0.39, 0.29) is 17.9 Å². The molecule has 2 amide bonds. The lowest BCUT2D eigenvalue weighted by atomic mass is 9.86. The van der Waals surface area contributed by atoms with E-state index in [1.807, 2.05) is 17.0 Å². The van der Waals surface area contributed by atoms with Crippen molar-refractivity contribution in [3.63, 3.8) is 0 Å². The maximum Gasteiger partial charge on any atom is 0.243 e. The second kappa shape index (κ2) is 6.61. The van der Waals surface area contributed by atoms with Gasteiger partial charge in [0.25, 0.3) is 0 Å². The maximum atomic E-state index is 12.8. The first-order valence-corrected chi connectivity index (χ1v) is 9.30. The number of amides is 2. The topological polar surface area (TPSA) is 62.6 Å². The van der Waals surface area contributed by atoms with Crippen molar-refractivity contribution >= 4 is 11.8 Å². The van der Waals surface area contributed by atoms with Crippen LogP contribution in [0.5, 0.6) is 0 Å². The van der Waals surface area contributed by atoms with Gasteiger partial charge in [0, 0.05) is 13.0 Å². The Morgan fingerprint density at radius 2 is 2.17 bits per heavy atom. The van der Waals surface area contributed by atoms with Gasteiger partial charge in [-0.1, -0.05) is 6.42 Å². The third kappa shape index (κ3) is 3.08. The van der Waals surface area contributed by atoms with Gasteiger partial charge in [0.2, 0.25) is 11.8 Å². The number of likely N-dealkylation sites (tertiary alicyclic amines) is 1. The van der Waals surface area contributed by atoms with Crippen molar-refractivity contribution in [2.24, 2.45) is 17.8 Å². The molecule has 1 saturated heterocycles. The minimum Gasteiger partial charge on any atom is -0.467 e. The van der Waals surface area contributed by atoms with E-state index in [0.29, 0.717) is 18.9 Å². The van der Waals surface area contributed by atoms with Gasteiger partial charge >= 0.3 is 0 Å². The van der Waals surface area contributed by atoms with Crippen molar-refractivity contribution < 1.29 is 14.0 Å². The minimum absolute atomic E-state index is 0.0507. The summed E-state index contributed by atoms with van der Waals surface area (Å²) in [5.41, 5.74) is 0. The van der Waals surface area contributed by atoms with Crippen LogP contribution in [-0.2, 0) is 16.1 Å². The summed E-state index contributed by atoms with van der Waals surface area (Å²) in [6.07, 6.45) is 9.14. The zero-order valence-corrected chi connectivity index (χ0v) is 14.1. The van der Waals surface area contributed by atoms with Gasteiger partial charge in [0.05, 0.1) is 12.8 Å². The van der Waals surface area contributed by atoms with Crippen LogP contribution in [-0.4, -0.2) is 29.3 Å². The van der Waals surface area contributed by atoms with Crippen molar-refractivity contribution in [2.75, 3.05) is 6.54 Å². The first kappa shape index (κ1) is 15.7. The van der Waals surface area contributed by atoms with E-state index >= 15 is 0 Å². The van der Waals surface area contributed by atoms with Gasteiger partial charge in [-0.05, 0) is 62.0 Å². The zero-order chi connectivity index (χ0) is 16.5. The molecule has 1 aromatic heterocycles. The normalized spacial score (nSPS) is 31.6. The molecule has 4 rings (SSSR count). The largest absolute Gasteiger partial charge is 0.467 e. The number of rotatable bonds is 5. The third-order valence-electron chi connectivity index (χ3n) is 6.21. The Morgan fingerprint density at radius 1 is 1.25 bits per heavy atom. The standard InChI is InChI=1S/C19H26N2O3/c22-18(11-15-10-13-5-6-14(15)9-13)21-7-1-4-17(21)19(23)20-12-16-3-2-8-24-16/h2-3,8,13-15,17H,1,4-7,9-12H2,(H,20,23)/t13-,14-,15+,17+/m0/s1. The monoisotopic (exact) mass is 330 g/mol. The van der Waals surface area contributed by atoms with Crippen LogP contribution in [0.2, 0.25) is 0 Å². The van der Waals surface area contributed by atoms with E-state index in [2.05, 4.69) is 5.32 Å². The lowest BCUT2D eigenvalue weighted by molar-refractivity contribution is -0.139. The van der Waals surface area contributed by atoms with Crippen LogP contribution in [0.15, 0.2) is 22.8 Å². The number of hydrogen-bond donors (Lipinski definition) is 1. The molecular weight excluding hydrogens is 304 g/mol. The Morgan fingerprint density at radius 3 is 2.88 bits per heavy atom. The van der Waals surface area contributed by atoms with Gasteiger partial charge < -0.3 is 14.6 Å². The average Bonchev–Trinajstić information content (AvgIpc) is 3.36. The van der Waals surface area contributed by atoms with Crippen LogP contribution >= 0.6 is 0 Å². The van der Waals surface area contributed by atoms with Gasteiger partial charge in [0.1, 0.15) is 11.8 Å². The van der Waals surface area contributed by atoms with E-state index < -0.39 is 0 Å². The summed E-state index contributed by atoms with van der Waals surface area (Å²) in [4.78, 5) is 27.0. The predicted molar refractivity (Wildman–Crippen MR) is 88.8 cm³/mol. The van der Waals surface area contributed by atoms with E-state index in [4.69, 9.17) is 4.42 Å². The minimum atomic E-state index is -0.300. The van der Waals surface area contributed by atoms with Gasteiger partial charge in [-0.3, -0.25) is 9.59 Å². The van der Waals surface area contributed by atoms with Crippen LogP contribution in [0, 0.1) is 17.8 Å². The van der Waals surface area contributed by atoms with Crippen molar-refractivity contribution in [1.82, 2.24) is 10.2 Å². The molecule has 1 aliphatic heterocycles. The number of carbonyl (C=O) groups excluding carboxylic acids is 2. The smallest absolute Gasteiger partial charge is 0.243 e. The molecule has 24 heavy (non-hydrogen) atoms. The highest BCUT2D eigenvalue weighted by Gasteiger charge is 2.42. The van der Waals surface area contributed by atoms with E-state index in [9.17, 15) is 9.59 Å². The fourth-order valence-electron chi connectivity index (χ4n) is 5.01. The molecule has 2 saturated carbocycles. The molecule has 2 aliphatic carbocycles. The fraction of sp³-hybridized carbons (Fsp3) is 0.684. The molecule has 0 unspecified atom stereocenters. The van der Waals surface area contributed by atoms with Crippen molar-refractivity contribution in [1.29, 1.82) is 0 Å². The summed E-state index contributed by atoms with van der Waals surface area (Å²) >= 11 is 0. The molecule has 0 aromatic carbocycles. The summed E-state index contributed by atoms with van der Waals surface area (Å²) in [5, 5.41) is 2.91. The summed E-state index contributed by atoms with van der Waals surface area (Å²) in [6.45, 7) is 1.11. The van der Waals surface area contributed by atoms with Crippen molar-refractivity contribution in [3.8, 4) is 0 Å². The Hall–Kier alpha value is -1.78. The maximum absolute atomic E-state index is 12.8. The zero-order valence-electron chi connectivity index (χ0n) is 14.1. The summed E-state index contributed by atoms with van der Waals surface area (Å²) in [6, 6.07) is 3.35. The van der Waals surface area contributed by atoms with Crippen LogP contribution in [0.3, 0.4) is 0 Å². The number of carbonyl (C=O) groups is 2. The quantitative estimate of drug-likeness (QED) is 0.903. The van der Waals surface area contributed by atoms with Crippen molar-refractivity contribution in [3.05, 3.63) is 24.2 Å². The number of furan rings is 1.